The zero-order chi connectivity index (χ0) is 37.0. The Morgan fingerprint density at radius 3 is 1.02 bits per heavy atom. The van der Waals surface area contributed by atoms with E-state index in [9.17, 15) is 0 Å². The van der Waals surface area contributed by atoms with E-state index in [2.05, 4.69) is 82.8 Å². The van der Waals surface area contributed by atoms with Crippen molar-refractivity contribution in [3.8, 4) is 56.7 Å². The lowest BCUT2D eigenvalue weighted by Gasteiger charge is -2.13. The van der Waals surface area contributed by atoms with Crippen LogP contribution in [0.3, 0.4) is 0 Å². The molecular formula is C46H36N10. The zero-order valence-electron chi connectivity index (χ0n) is 30.7. The summed E-state index contributed by atoms with van der Waals surface area (Å²) in [5, 5.41) is 0. The molecule has 11 rings (SSSR count). The predicted octanol–water partition coefficient (Wildman–Crippen LogP) is 9.16. The van der Waals surface area contributed by atoms with Gasteiger partial charge in [0.1, 0.15) is 23.3 Å². The lowest BCUT2D eigenvalue weighted by molar-refractivity contribution is 0.653. The molecule has 6 heterocycles. The molecule has 3 aromatic carbocycles. The fraction of sp³-hybridized carbons (Fsp3) is 0.174. The number of rotatable bonds is 6. The topological polar surface area (TPSA) is 113 Å². The van der Waals surface area contributed by atoms with Crippen LogP contribution in [0.5, 0.6) is 0 Å². The Morgan fingerprint density at radius 2 is 0.679 bits per heavy atom. The lowest BCUT2D eigenvalue weighted by atomic mass is 9.99. The maximum absolute atomic E-state index is 5.08. The van der Waals surface area contributed by atoms with Gasteiger partial charge >= 0.3 is 0 Å². The molecule has 0 spiro atoms. The molecule has 0 unspecified atom stereocenters. The van der Waals surface area contributed by atoms with E-state index >= 15 is 0 Å². The van der Waals surface area contributed by atoms with Crippen molar-refractivity contribution >= 4 is 22.6 Å². The minimum Gasteiger partial charge on any atom is -0.259 e. The molecule has 0 aliphatic heterocycles. The molecular weight excluding hydrogens is 693 g/mol. The van der Waals surface area contributed by atoms with E-state index in [-0.39, 0.29) is 0 Å². The summed E-state index contributed by atoms with van der Waals surface area (Å²) in [7, 11) is 0. The van der Waals surface area contributed by atoms with Gasteiger partial charge in [0.15, 0.2) is 22.6 Å². The Hall–Kier alpha value is -6.94. The van der Waals surface area contributed by atoms with Gasteiger partial charge in [0, 0.05) is 23.5 Å². The van der Waals surface area contributed by atoms with Gasteiger partial charge in [0.2, 0.25) is 0 Å². The van der Waals surface area contributed by atoms with Crippen molar-refractivity contribution in [3.63, 3.8) is 0 Å². The van der Waals surface area contributed by atoms with Crippen molar-refractivity contribution in [2.75, 3.05) is 0 Å². The third-order valence-corrected chi connectivity index (χ3v) is 11.0. The molecule has 0 atom stereocenters. The number of pyridine rings is 2. The van der Waals surface area contributed by atoms with Crippen LogP contribution in [0.25, 0.3) is 79.3 Å². The molecule has 0 saturated heterocycles. The van der Waals surface area contributed by atoms with Gasteiger partial charge in [-0.2, -0.15) is 0 Å². The summed E-state index contributed by atoms with van der Waals surface area (Å²) in [6.45, 7) is 0. The van der Waals surface area contributed by atoms with Crippen molar-refractivity contribution in [1.82, 2.24) is 49.0 Å². The first-order chi connectivity index (χ1) is 27.7. The largest absolute Gasteiger partial charge is 0.259 e. The molecule has 0 fully saturated rings. The minimum absolute atomic E-state index is 0.665. The highest BCUT2D eigenvalue weighted by Gasteiger charge is 2.23. The van der Waals surface area contributed by atoms with Crippen LogP contribution < -0.4 is 0 Å². The van der Waals surface area contributed by atoms with Crippen LogP contribution in [-0.4, -0.2) is 49.0 Å². The maximum atomic E-state index is 5.08. The number of imidazole rings is 2. The monoisotopic (exact) mass is 728 g/mol. The SMILES string of the molecule is c1ccc(-n2c(-c3ccc(-c4ccc(-c5ccc(-c6nc7nc8c(nc7n6-c6ccccn6)CCCC8)cc5)cc4)cc3)nc3nc4c(nc32)CCCC4)nc1. The second kappa shape index (κ2) is 13.4. The van der Waals surface area contributed by atoms with Gasteiger partial charge in [-0.25, -0.2) is 39.9 Å². The molecule has 0 bridgehead atoms. The summed E-state index contributed by atoms with van der Waals surface area (Å²) in [6, 6.07) is 37.7. The van der Waals surface area contributed by atoms with Crippen LogP contribution in [0.4, 0.5) is 0 Å². The number of benzene rings is 3. The fourth-order valence-corrected chi connectivity index (χ4v) is 8.16. The van der Waals surface area contributed by atoms with Crippen molar-refractivity contribution in [2.45, 2.75) is 51.4 Å². The highest BCUT2D eigenvalue weighted by molar-refractivity contribution is 5.80. The third-order valence-electron chi connectivity index (χ3n) is 11.0. The molecule has 6 aromatic heterocycles. The smallest absolute Gasteiger partial charge is 0.198 e. The predicted molar refractivity (Wildman–Crippen MR) is 217 cm³/mol. The molecule has 10 heteroatoms. The van der Waals surface area contributed by atoms with E-state index in [0.29, 0.717) is 11.3 Å². The van der Waals surface area contributed by atoms with E-state index in [0.717, 1.165) is 142 Å². The van der Waals surface area contributed by atoms with Crippen molar-refractivity contribution in [3.05, 3.63) is 144 Å². The highest BCUT2D eigenvalue weighted by atomic mass is 15.2. The number of hydrogen-bond donors (Lipinski definition) is 0. The summed E-state index contributed by atoms with van der Waals surface area (Å²) in [5.41, 5.74) is 13.6. The van der Waals surface area contributed by atoms with Crippen LogP contribution >= 0.6 is 0 Å². The Morgan fingerprint density at radius 1 is 0.339 bits per heavy atom. The second-order valence-corrected chi connectivity index (χ2v) is 14.6. The summed E-state index contributed by atoms with van der Waals surface area (Å²) >= 11 is 0. The quantitative estimate of drug-likeness (QED) is 0.167. The molecule has 56 heavy (non-hydrogen) atoms. The molecule has 270 valence electrons. The molecule has 10 nitrogen and oxygen atoms in total. The van der Waals surface area contributed by atoms with Gasteiger partial charge in [-0.3, -0.25) is 9.13 Å². The number of hydrogen-bond acceptors (Lipinski definition) is 8. The van der Waals surface area contributed by atoms with Crippen LogP contribution in [0.2, 0.25) is 0 Å². The van der Waals surface area contributed by atoms with Crippen LogP contribution in [0.1, 0.15) is 48.5 Å². The van der Waals surface area contributed by atoms with E-state index in [1.807, 2.05) is 45.5 Å². The second-order valence-electron chi connectivity index (χ2n) is 14.6. The fourth-order valence-electron chi connectivity index (χ4n) is 8.16. The molecule has 2 aliphatic carbocycles. The molecule has 0 N–H and O–H groups in total. The maximum Gasteiger partial charge on any atom is 0.198 e. The first-order valence-electron chi connectivity index (χ1n) is 19.4. The molecule has 0 amide bonds. The summed E-state index contributed by atoms with van der Waals surface area (Å²) in [4.78, 5) is 39.5. The van der Waals surface area contributed by atoms with Crippen molar-refractivity contribution in [1.29, 1.82) is 0 Å². The average molecular weight is 729 g/mol. The summed E-state index contributed by atoms with van der Waals surface area (Å²) < 4.78 is 4.09. The normalized spacial score (nSPS) is 13.9. The Kier molecular flexibility index (Phi) is 7.78. The van der Waals surface area contributed by atoms with Gasteiger partial charge in [-0.05, 0) is 97.9 Å². The number of aryl methyl sites for hydroxylation is 4. The molecule has 2 aliphatic rings. The van der Waals surface area contributed by atoms with E-state index in [4.69, 9.17) is 29.9 Å². The van der Waals surface area contributed by atoms with E-state index in [1.54, 1.807) is 12.4 Å². The summed E-state index contributed by atoms with van der Waals surface area (Å²) in [5.74, 6) is 3.13. The first-order valence-corrected chi connectivity index (χ1v) is 19.4. The summed E-state index contributed by atoms with van der Waals surface area (Å²) in [6.07, 6.45) is 12.0. The number of fused-ring (bicyclic) bond motifs is 4. The Bertz CT molecular complexity index is 2680. The molecule has 0 saturated carbocycles. The molecule has 9 aromatic rings. The van der Waals surface area contributed by atoms with Crippen LogP contribution in [0.15, 0.2) is 122 Å². The lowest BCUT2D eigenvalue weighted by Crippen LogP contribution is -2.09. The van der Waals surface area contributed by atoms with Crippen molar-refractivity contribution in [2.24, 2.45) is 0 Å². The number of nitrogens with zero attached hydrogens (tertiary/aromatic N) is 10. The van der Waals surface area contributed by atoms with Gasteiger partial charge in [0.25, 0.3) is 0 Å². The standard InChI is InChI=1S/C46H36N10/c1-3-11-37-35(9-1)49-41-45(51-37)55(39-13-5-7-27-47-39)43(53-41)33-23-19-31(20-24-33)29-15-17-30(18-16-29)32-21-25-34(26-22-32)44-54-42-46(56(44)40-14-6-8-28-48-40)52-38-12-4-2-10-36(38)50-42/h5-8,13-28H,1-4,9-12H2. The van der Waals surface area contributed by atoms with Crippen LogP contribution in [-0.2, 0) is 25.7 Å². The van der Waals surface area contributed by atoms with E-state index in [1.165, 1.54) is 0 Å². The van der Waals surface area contributed by atoms with Gasteiger partial charge in [0.05, 0.1) is 22.8 Å². The third kappa shape index (κ3) is 5.64. The molecule has 0 radical (unpaired) electrons. The average Bonchev–Trinajstić information content (AvgIpc) is 3.83. The number of aromatic nitrogens is 10. The van der Waals surface area contributed by atoms with Crippen LogP contribution in [0, 0.1) is 0 Å². The Balaban J connectivity index is 0.887. The first kappa shape index (κ1) is 32.5. The zero-order valence-corrected chi connectivity index (χ0v) is 30.7. The van der Waals surface area contributed by atoms with Gasteiger partial charge in [-0.15, -0.1) is 0 Å². The van der Waals surface area contributed by atoms with Gasteiger partial charge < -0.3 is 0 Å². The highest BCUT2D eigenvalue weighted by Crippen LogP contribution is 2.33. The Labute approximate surface area is 323 Å². The van der Waals surface area contributed by atoms with Crippen molar-refractivity contribution < 1.29 is 0 Å². The van der Waals surface area contributed by atoms with Gasteiger partial charge in [-0.1, -0.05) is 84.9 Å². The minimum atomic E-state index is 0.665. The van der Waals surface area contributed by atoms with E-state index < -0.39 is 0 Å².